The fraction of sp³-hybridized carbons (Fsp3) is 0.462. The number of urea groups is 1. The van der Waals surface area contributed by atoms with E-state index in [2.05, 4.69) is 18.3 Å². The number of anilines is 1. The van der Waals surface area contributed by atoms with Crippen LogP contribution in [0.25, 0.3) is 0 Å². The minimum absolute atomic E-state index is 0.0153. The average molecular weight is 218 g/mol. The number of carbonyl (C=O) groups excluding carboxylic acids is 1. The van der Waals surface area contributed by atoms with Crippen LogP contribution in [0.1, 0.15) is 19.4 Å². The van der Waals surface area contributed by atoms with E-state index in [4.69, 9.17) is 0 Å². The van der Waals surface area contributed by atoms with Gasteiger partial charge < -0.3 is 5.32 Å². The summed E-state index contributed by atoms with van der Waals surface area (Å²) in [6.07, 6.45) is 1.06. The quantitative estimate of drug-likeness (QED) is 0.771. The minimum Gasteiger partial charge on any atom is -0.338 e. The molecule has 0 saturated heterocycles. The van der Waals surface area contributed by atoms with Crippen molar-refractivity contribution in [2.45, 2.75) is 20.3 Å². The van der Waals surface area contributed by atoms with Crippen LogP contribution in [0.15, 0.2) is 24.3 Å². The molecule has 86 valence electrons. The van der Waals surface area contributed by atoms with Crippen molar-refractivity contribution < 1.29 is 4.79 Å². The molecule has 0 bridgehead atoms. The molecule has 2 amide bonds. The van der Waals surface area contributed by atoms with Crippen molar-refractivity contribution in [1.29, 1.82) is 0 Å². The Morgan fingerprint density at radius 2 is 2.25 bits per heavy atom. The molecule has 0 unspecified atom stereocenters. The van der Waals surface area contributed by atoms with Crippen LogP contribution in [0.5, 0.6) is 0 Å². The predicted molar refractivity (Wildman–Crippen MR) is 65.7 cm³/mol. The largest absolute Gasteiger partial charge is 0.338 e. The van der Waals surface area contributed by atoms with Gasteiger partial charge in [0.15, 0.2) is 0 Å². The van der Waals surface area contributed by atoms with Gasteiger partial charge in [-0.05, 0) is 30.9 Å². The summed E-state index contributed by atoms with van der Waals surface area (Å²) in [5, 5.41) is 2.86. The number of benzene rings is 1. The molecular formula is C13H18N2O. The highest BCUT2D eigenvalue weighted by Gasteiger charge is 2.25. The van der Waals surface area contributed by atoms with Gasteiger partial charge in [-0.2, -0.15) is 0 Å². The Kier molecular flexibility index (Phi) is 3.13. The van der Waals surface area contributed by atoms with Crippen LogP contribution in [0.2, 0.25) is 0 Å². The molecule has 0 aliphatic carbocycles. The number of nitrogens with zero attached hydrogens (tertiary/aromatic N) is 1. The molecule has 3 nitrogen and oxygen atoms in total. The number of para-hydroxylation sites is 1. The molecule has 0 fully saturated rings. The first-order valence-electron chi connectivity index (χ1n) is 5.85. The van der Waals surface area contributed by atoms with Gasteiger partial charge in [-0.25, -0.2) is 4.79 Å². The number of hydrogen-bond donors (Lipinski definition) is 1. The zero-order valence-corrected chi connectivity index (χ0v) is 9.86. The Hall–Kier alpha value is -1.51. The lowest BCUT2D eigenvalue weighted by atomic mass is 9.94. The molecule has 1 aliphatic heterocycles. The van der Waals surface area contributed by atoms with Crippen LogP contribution in [0.4, 0.5) is 10.5 Å². The van der Waals surface area contributed by atoms with Crippen LogP contribution in [-0.2, 0) is 6.42 Å². The van der Waals surface area contributed by atoms with Crippen LogP contribution in [-0.4, -0.2) is 19.1 Å². The summed E-state index contributed by atoms with van der Waals surface area (Å²) in [7, 11) is 0. The lowest BCUT2D eigenvalue weighted by Gasteiger charge is -2.33. The van der Waals surface area contributed by atoms with Gasteiger partial charge in [-0.3, -0.25) is 4.90 Å². The van der Waals surface area contributed by atoms with Gasteiger partial charge in [-0.15, -0.1) is 0 Å². The Morgan fingerprint density at radius 3 is 3.00 bits per heavy atom. The molecule has 1 aromatic rings. The van der Waals surface area contributed by atoms with Crippen LogP contribution in [0, 0.1) is 5.92 Å². The maximum absolute atomic E-state index is 11.9. The van der Waals surface area contributed by atoms with E-state index in [1.54, 1.807) is 0 Å². The molecule has 1 heterocycles. The van der Waals surface area contributed by atoms with E-state index in [0.717, 1.165) is 18.7 Å². The Bertz CT molecular complexity index is 389. The Morgan fingerprint density at radius 1 is 1.50 bits per heavy atom. The van der Waals surface area contributed by atoms with Gasteiger partial charge in [0, 0.05) is 18.8 Å². The number of fused-ring (bicyclic) bond motifs is 1. The second-order valence-corrected chi connectivity index (χ2v) is 4.38. The second kappa shape index (κ2) is 4.56. The lowest BCUT2D eigenvalue weighted by Crippen LogP contribution is -2.45. The van der Waals surface area contributed by atoms with Gasteiger partial charge in [0.2, 0.25) is 0 Å². The summed E-state index contributed by atoms with van der Waals surface area (Å²) < 4.78 is 0. The molecular weight excluding hydrogens is 200 g/mol. The monoisotopic (exact) mass is 218 g/mol. The van der Waals surface area contributed by atoms with Gasteiger partial charge >= 0.3 is 6.03 Å². The average Bonchev–Trinajstić information content (AvgIpc) is 2.28. The van der Waals surface area contributed by atoms with Crippen LogP contribution < -0.4 is 10.2 Å². The number of nitrogens with one attached hydrogen (secondary N) is 1. The maximum Gasteiger partial charge on any atom is 0.321 e. The molecule has 0 saturated carbocycles. The first kappa shape index (κ1) is 11.0. The van der Waals surface area contributed by atoms with Gasteiger partial charge in [-0.1, -0.05) is 25.1 Å². The summed E-state index contributed by atoms with van der Waals surface area (Å²) in [4.78, 5) is 13.8. The van der Waals surface area contributed by atoms with E-state index in [9.17, 15) is 4.79 Å². The highest BCUT2D eigenvalue weighted by atomic mass is 16.2. The molecule has 3 heteroatoms. The van der Waals surface area contributed by atoms with E-state index >= 15 is 0 Å². The molecule has 1 N–H and O–H groups in total. The Balaban J connectivity index is 2.30. The summed E-state index contributed by atoms with van der Waals surface area (Å²) in [6, 6.07) is 8.17. The zero-order valence-electron chi connectivity index (χ0n) is 9.86. The number of carbonyl (C=O) groups is 1. The van der Waals surface area contributed by atoms with Gasteiger partial charge in [0.25, 0.3) is 0 Å². The fourth-order valence-electron chi connectivity index (χ4n) is 2.24. The molecule has 1 atom stereocenters. The molecule has 0 spiro atoms. The lowest BCUT2D eigenvalue weighted by molar-refractivity contribution is 0.245. The van der Waals surface area contributed by atoms with E-state index in [1.165, 1.54) is 5.56 Å². The molecule has 16 heavy (non-hydrogen) atoms. The second-order valence-electron chi connectivity index (χ2n) is 4.38. The normalized spacial score (nSPS) is 19.1. The highest BCUT2D eigenvalue weighted by molar-refractivity contribution is 5.93. The van der Waals surface area contributed by atoms with Crippen LogP contribution >= 0.6 is 0 Å². The van der Waals surface area contributed by atoms with E-state index in [0.29, 0.717) is 12.5 Å². The summed E-state index contributed by atoms with van der Waals surface area (Å²) in [6.45, 7) is 5.61. The van der Waals surface area contributed by atoms with Crippen molar-refractivity contribution in [3.8, 4) is 0 Å². The SMILES string of the molecule is CCNC(=O)N1C[C@@H](C)Cc2ccccc21. The molecule has 1 aliphatic rings. The van der Waals surface area contributed by atoms with E-state index < -0.39 is 0 Å². The highest BCUT2D eigenvalue weighted by Crippen LogP contribution is 2.29. The third-order valence-electron chi connectivity index (χ3n) is 2.92. The summed E-state index contributed by atoms with van der Waals surface area (Å²) in [5.74, 6) is 0.525. The topological polar surface area (TPSA) is 32.3 Å². The fourth-order valence-corrected chi connectivity index (χ4v) is 2.24. The van der Waals surface area contributed by atoms with Crippen molar-refractivity contribution in [2.24, 2.45) is 5.92 Å². The number of rotatable bonds is 1. The van der Waals surface area contributed by atoms with E-state index in [-0.39, 0.29) is 6.03 Å². The van der Waals surface area contributed by atoms with E-state index in [1.807, 2.05) is 30.0 Å². The van der Waals surface area contributed by atoms with Gasteiger partial charge in [0.05, 0.1) is 0 Å². The Labute approximate surface area is 96.5 Å². The van der Waals surface area contributed by atoms with Crippen molar-refractivity contribution in [3.63, 3.8) is 0 Å². The molecule has 0 radical (unpaired) electrons. The molecule has 1 aromatic carbocycles. The number of hydrogen-bond acceptors (Lipinski definition) is 1. The van der Waals surface area contributed by atoms with Gasteiger partial charge in [0.1, 0.15) is 0 Å². The number of amides is 2. The standard InChI is InChI=1S/C13H18N2O/c1-3-14-13(16)15-9-10(2)8-11-6-4-5-7-12(11)15/h4-7,10H,3,8-9H2,1-2H3,(H,14,16)/t10-/m0/s1. The van der Waals surface area contributed by atoms with Crippen LogP contribution in [0.3, 0.4) is 0 Å². The smallest absolute Gasteiger partial charge is 0.321 e. The first-order chi connectivity index (χ1) is 7.72. The summed E-state index contributed by atoms with van der Waals surface area (Å²) >= 11 is 0. The minimum atomic E-state index is 0.0153. The summed E-state index contributed by atoms with van der Waals surface area (Å²) in [5.41, 5.74) is 2.33. The van der Waals surface area contributed by atoms with Crippen molar-refractivity contribution in [1.82, 2.24) is 5.32 Å². The van der Waals surface area contributed by atoms with Crippen molar-refractivity contribution in [3.05, 3.63) is 29.8 Å². The maximum atomic E-state index is 11.9. The molecule has 0 aromatic heterocycles. The zero-order chi connectivity index (χ0) is 11.5. The third kappa shape index (κ3) is 2.03. The third-order valence-corrected chi connectivity index (χ3v) is 2.92. The molecule has 2 rings (SSSR count). The van der Waals surface area contributed by atoms with Crippen molar-refractivity contribution in [2.75, 3.05) is 18.0 Å². The predicted octanol–water partition coefficient (Wildman–Crippen LogP) is 2.41. The first-order valence-corrected chi connectivity index (χ1v) is 5.85. The van der Waals surface area contributed by atoms with Crippen molar-refractivity contribution >= 4 is 11.7 Å².